The van der Waals surface area contributed by atoms with Gasteiger partial charge in [0.2, 0.25) is 0 Å². The first-order chi connectivity index (χ1) is 11.5. The van der Waals surface area contributed by atoms with Gasteiger partial charge in [0.05, 0.1) is 17.3 Å². The Morgan fingerprint density at radius 3 is 2.58 bits per heavy atom. The topological polar surface area (TPSA) is 85.4 Å². The normalized spacial score (nSPS) is 11.2. The summed E-state index contributed by atoms with van der Waals surface area (Å²) < 4.78 is 29.9. The van der Waals surface area contributed by atoms with E-state index in [0.717, 1.165) is 0 Å². The predicted molar refractivity (Wildman–Crippen MR) is 90.4 cm³/mol. The molecule has 7 heteroatoms. The van der Waals surface area contributed by atoms with Crippen LogP contribution in [0.15, 0.2) is 53.7 Å². The average Bonchev–Trinajstić information content (AvgIpc) is 2.59. The SMILES string of the molecule is CCOCCNC(=O)c1ccc(S(=O)(=O)Cc2cccnc2)cc1. The summed E-state index contributed by atoms with van der Waals surface area (Å²) in [5.74, 6) is -0.383. The summed E-state index contributed by atoms with van der Waals surface area (Å²) in [4.78, 5) is 16.0. The molecule has 0 bridgehead atoms. The molecular weight excluding hydrogens is 328 g/mol. The Kier molecular flexibility index (Phi) is 6.45. The number of nitrogens with one attached hydrogen (secondary N) is 1. The molecule has 0 aliphatic rings. The molecule has 6 nitrogen and oxygen atoms in total. The predicted octanol–water partition coefficient (Wildman–Crippen LogP) is 1.82. The molecule has 128 valence electrons. The number of carbonyl (C=O) groups is 1. The number of ether oxygens (including phenoxy) is 1. The third kappa shape index (κ3) is 5.14. The summed E-state index contributed by atoms with van der Waals surface area (Å²) in [7, 11) is -3.47. The van der Waals surface area contributed by atoms with E-state index in [2.05, 4.69) is 10.3 Å². The van der Waals surface area contributed by atoms with Gasteiger partial charge in [0.25, 0.3) is 5.91 Å². The minimum atomic E-state index is -3.47. The lowest BCUT2D eigenvalue weighted by Gasteiger charge is -2.07. The van der Waals surface area contributed by atoms with Crippen LogP contribution in [-0.2, 0) is 20.3 Å². The van der Waals surface area contributed by atoms with Crippen LogP contribution in [0, 0.1) is 0 Å². The number of hydrogen-bond donors (Lipinski definition) is 1. The molecule has 1 aromatic heterocycles. The van der Waals surface area contributed by atoms with Crippen LogP contribution in [0.2, 0.25) is 0 Å². The van der Waals surface area contributed by atoms with Gasteiger partial charge in [0, 0.05) is 31.1 Å². The van der Waals surface area contributed by atoms with Crippen LogP contribution >= 0.6 is 0 Å². The Morgan fingerprint density at radius 1 is 1.21 bits per heavy atom. The summed E-state index contributed by atoms with van der Waals surface area (Å²) in [6, 6.07) is 9.32. The van der Waals surface area contributed by atoms with Crippen molar-refractivity contribution in [1.29, 1.82) is 0 Å². The van der Waals surface area contributed by atoms with Crippen LogP contribution < -0.4 is 5.32 Å². The van der Waals surface area contributed by atoms with E-state index in [1.165, 1.54) is 30.5 Å². The molecular formula is C17H20N2O4S. The summed E-state index contributed by atoms with van der Waals surface area (Å²) in [6.45, 7) is 3.33. The lowest BCUT2D eigenvalue weighted by atomic mass is 10.2. The van der Waals surface area contributed by atoms with Gasteiger partial charge in [-0.2, -0.15) is 0 Å². The van der Waals surface area contributed by atoms with Crippen molar-refractivity contribution in [2.75, 3.05) is 19.8 Å². The molecule has 1 heterocycles. The molecule has 0 aliphatic carbocycles. The summed E-state index contributed by atoms with van der Waals surface area (Å²) in [5.41, 5.74) is 1.03. The molecule has 0 saturated carbocycles. The Hall–Kier alpha value is -2.25. The van der Waals surface area contributed by atoms with Crippen LogP contribution in [0.25, 0.3) is 0 Å². The Labute approximate surface area is 141 Å². The average molecular weight is 348 g/mol. The molecule has 1 aromatic carbocycles. The maximum absolute atomic E-state index is 12.4. The third-order valence-electron chi connectivity index (χ3n) is 3.29. The molecule has 0 spiro atoms. The molecule has 1 amide bonds. The van der Waals surface area contributed by atoms with Gasteiger partial charge in [-0.3, -0.25) is 9.78 Å². The number of pyridine rings is 1. The Bertz CT molecular complexity index is 759. The van der Waals surface area contributed by atoms with Gasteiger partial charge in [0.15, 0.2) is 9.84 Å². The fourth-order valence-electron chi connectivity index (χ4n) is 2.08. The van der Waals surface area contributed by atoms with Crippen molar-refractivity contribution in [2.45, 2.75) is 17.6 Å². The maximum atomic E-state index is 12.4. The molecule has 1 N–H and O–H groups in total. The van der Waals surface area contributed by atoms with E-state index in [9.17, 15) is 13.2 Å². The fourth-order valence-corrected chi connectivity index (χ4v) is 3.41. The second-order valence-electron chi connectivity index (χ2n) is 5.10. The van der Waals surface area contributed by atoms with E-state index >= 15 is 0 Å². The molecule has 0 saturated heterocycles. The van der Waals surface area contributed by atoms with Crippen LogP contribution in [-0.4, -0.2) is 39.1 Å². The zero-order valence-electron chi connectivity index (χ0n) is 13.4. The van der Waals surface area contributed by atoms with Crippen molar-refractivity contribution >= 4 is 15.7 Å². The van der Waals surface area contributed by atoms with Crippen molar-refractivity contribution in [2.24, 2.45) is 0 Å². The highest BCUT2D eigenvalue weighted by Crippen LogP contribution is 2.16. The zero-order valence-corrected chi connectivity index (χ0v) is 14.3. The number of amides is 1. The van der Waals surface area contributed by atoms with E-state index in [4.69, 9.17) is 4.74 Å². The van der Waals surface area contributed by atoms with Gasteiger partial charge < -0.3 is 10.1 Å². The van der Waals surface area contributed by atoms with Crippen LogP contribution in [0.3, 0.4) is 0 Å². The number of aromatic nitrogens is 1. The van der Waals surface area contributed by atoms with Crippen LogP contribution in [0.4, 0.5) is 0 Å². The van der Waals surface area contributed by atoms with Crippen molar-refractivity contribution < 1.29 is 17.9 Å². The Morgan fingerprint density at radius 2 is 1.96 bits per heavy atom. The zero-order chi connectivity index (χ0) is 17.4. The minimum Gasteiger partial charge on any atom is -0.380 e. The standard InChI is InChI=1S/C17H20N2O4S/c1-2-23-11-10-19-17(20)15-5-7-16(8-6-15)24(21,22)13-14-4-3-9-18-12-14/h3-9,12H,2,10-11,13H2,1H3,(H,19,20). The van der Waals surface area contributed by atoms with E-state index < -0.39 is 9.84 Å². The molecule has 0 aliphatic heterocycles. The van der Waals surface area contributed by atoms with Crippen LogP contribution in [0.1, 0.15) is 22.8 Å². The number of carbonyl (C=O) groups excluding carboxylic acids is 1. The van der Waals surface area contributed by atoms with Gasteiger partial charge in [-0.25, -0.2) is 8.42 Å². The molecule has 0 unspecified atom stereocenters. The molecule has 24 heavy (non-hydrogen) atoms. The van der Waals surface area contributed by atoms with E-state index in [1.54, 1.807) is 18.3 Å². The van der Waals surface area contributed by atoms with Gasteiger partial charge in [-0.15, -0.1) is 0 Å². The highest BCUT2D eigenvalue weighted by atomic mass is 32.2. The van der Waals surface area contributed by atoms with E-state index in [-0.39, 0.29) is 16.6 Å². The number of benzene rings is 1. The summed E-state index contributed by atoms with van der Waals surface area (Å²) >= 11 is 0. The van der Waals surface area contributed by atoms with Gasteiger partial charge in [0.1, 0.15) is 0 Å². The number of rotatable bonds is 8. The number of sulfone groups is 1. The van der Waals surface area contributed by atoms with Crippen LogP contribution in [0.5, 0.6) is 0 Å². The third-order valence-corrected chi connectivity index (χ3v) is 4.99. The van der Waals surface area contributed by atoms with Gasteiger partial charge >= 0.3 is 0 Å². The summed E-state index contributed by atoms with van der Waals surface area (Å²) in [5, 5.41) is 2.71. The molecule has 2 rings (SSSR count). The van der Waals surface area contributed by atoms with Gasteiger partial charge in [-0.1, -0.05) is 6.07 Å². The lowest BCUT2D eigenvalue weighted by Crippen LogP contribution is -2.27. The Balaban J connectivity index is 2.01. The van der Waals surface area contributed by atoms with Crippen molar-refractivity contribution in [1.82, 2.24) is 10.3 Å². The summed E-state index contributed by atoms with van der Waals surface area (Å²) in [6.07, 6.45) is 3.12. The largest absolute Gasteiger partial charge is 0.380 e. The van der Waals surface area contributed by atoms with Crippen molar-refractivity contribution in [3.63, 3.8) is 0 Å². The number of hydrogen-bond acceptors (Lipinski definition) is 5. The monoisotopic (exact) mass is 348 g/mol. The molecule has 2 aromatic rings. The quantitative estimate of drug-likeness (QED) is 0.736. The van der Waals surface area contributed by atoms with Gasteiger partial charge in [-0.05, 0) is 42.8 Å². The van der Waals surface area contributed by atoms with Crippen molar-refractivity contribution in [3.05, 3.63) is 59.9 Å². The minimum absolute atomic E-state index is 0.124. The van der Waals surface area contributed by atoms with E-state index in [0.29, 0.717) is 30.9 Å². The molecule has 0 radical (unpaired) electrons. The first-order valence-electron chi connectivity index (χ1n) is 7.60. The highest BCUT2D eigenvalue weighted by molar-refractivity contribution is 7.90. The highest BCUT2D eigenvalue weighted by Gasteiger charge is 2.16. The van der Waals surface area contributed by atoms with E-state index in [1.807, 2.05) is 6.92 Å². The first-order valence-corrected chi connectivity index (χ1v) is 9.26. The fraction of sp³-hybridized carbons (Fsp3) is 0.294. The van der Waals surface area contributed by atoms with Crippen molar-refractivity contribution in [3.8, 4) is 0 Å². The second-order valence-corrected chi connectivity index (χ2v) is 7.09. The number of nitrogens with zero attached hydrogens (tertiary/aromatic N) is 1. The molecule has 0 atom stereocenters. The second kappa shape index (κ2) is 8.56. The molecule has 0 fully saturated rings. The smallest absolute Gasteiger partial charge is 0.251 e. The maximum Gasteiger partial charge on any atom is 0.251 e. The first kappa shape index (κ1) is 18.1. The lowest BCUT2D eigenvalue weighted by molar-refractivity contribution is 0.0922.